The minimum absolute atomic E-state index is 0.139. The van der Waals surface area contributed by atoms with Gasteiger partial charge in [0.05, 0.1) is 4.90 Å². The Kier molecular flexibility index (Phi) is 4.49. The third-order valence-electron chi connectivity index (χ3n) is 3.32. The van der Waals surface area contributed by atoms with E-state index in [-0.39, 0.29) is 11.8 Å². The molecular weight excluding hydrogens is 284 g/mol. The van der Waals surface area contributed by atoms with E-state index in [0.717, 1.165) is 0 Å². The number of hydrogen-bond donors (Lipinski definition) is 2. The number of nitrogens with zero attached hydrogens (tertiary/aromatic N) is 1. The van der Waals surface area contributed by atoms with E-state index >= 15 is 0 Å². The van der Waals surface area contributed by atoms with E-state index in [4.69, 9.17) is 0 Å². The number of sulfonamides is 1. The molecule has 0 atom stereocenters. The Morgan fingerprint density at radius 3 is 2.32 bits per heavy atom. The van der Waals surface area contributed by atoms with Crippen molar-refractivity contribution in [2.75, 3.05) is 13.1 Å². The van der Waals surface area contributed by atoms with Crippen molar-refractivity contribution in [1.29, 1.82) is 0 Å². The lowest BCUT2D eigenvalue weighted by Gasteiger charge is -2.30. The Labute approximate surface area is 118 Å². The highest BCUT2D eigenvalue weighted by atomic mass is 32.2. The first-order chi connectivity index (χ1) is 9.05. The van der Waals surface area contributed by atoms with Crippen LogP contribution >= 0.6 is 12.8 Å². The fourth-order valence-electron chi connectivity index (χ4n) is 2.19. The summed E-state index contributed by atoms with van der Waals surface area (Å²) in [5.74, 6) is -0.292. The van der Waals surface area contributed by atoms with Gasteiger partial charge in [-0.3, -0.25) is 4.79 Å². The summed E-state index contributed by atoms with van der Waals surface area (Å²) in [6.07, 6.45) is 1.05. The molecule has 0 bridgehead atoms. The number of nitrogens with one attached hydrogen (secondary N) is 1. The maximum absolute atomic E-state index is 12.3. The van der Waals surface area contributed by atoms with Crippen molar-refractivity contribution in [2.24, 2.45) is 5.92 Å². The summed E-state index contributed by atoms with van der Waals surface area (Å²) in [6, 6.07) is 8.36. The maximum atomic E-state index is 12.3. The minimum atomic E-state index is -3.44. The number of amides is 1. The van der Waals surface area contributed by atoms with Gasteiger partial charge < -0.3 is 4.72 Å². The molecule has 0 aromatic heterocycles. The van der Waals surface area contributed by atoms with Crippen LogP contribution in [0.4, 0.5) is 0 Å². The van der Waals surface area contributed by atoms with Gasteiger partial charge in [0, 0.05) is 19.0 Å². The highest BCUT2D eigenvalue weighted by Crippen LogP contribution is 2.23. The summed E-state index contributed by atoms with van der Waals surface area (Å²) < 4.78 is 28.4. The molecule has 1 amide bonds. The zero-order valence-corrected chi connectivity index (χ0v) is 12.0. The first-order valence-electron chi connectivity index (χ1n) is 6.05. The minimum Gasteiger partial charge on any atom is -0.303 e. The Morgan fingerprint density at radius 1 is 1.21 bits per heavy atom. The van der Waals surface area contributed by atoms with Crippen molar-refractivity contribution >= 4 is 28.7 Å². The van der Waals surface area contributed by atoms with Gasteiger partial charge in [0.25, 0.3) is 0 Å². The van der Waals surface area contributed by atoms with Crippen LogP contribution in [0.5, 0.6) is 0 Å². The summed E-state index contributed by atoms with van der Waals surface area (Å²) in [7, 11) is -3.44. The molecule has 1 fully saturated rings. The van der Waals surface area contributed by atoms with Gasteiger partial charge in [0.15, 0.2) is 0 Å². The predicted octanol–water partition coefficient (Wildman–Crippen LogP) is 1.05. The SMILES string of the molecule is O=C(NS)C1CCN(S(=O)(=O)c2ccccc2)CC1. The molecule has 0 radical (unpaired) electrons. The smallest absolute Gasteiger partial charge is 0.243 e. The van der Waals surface area contributed by atoms with Crippen molar-refractivity contribution in [1.82, 2.24) is 9.03 Å². The topological polar surface area (TPSA) is 66.5 Å². The Balaban J connectivity index is 2.08. The lowest BCUT2D eigenvalue weighted by molar-refractivity contribution is -0.124. The van der Waals surface area contributed by atoms with Gasteiger partial charge in [-0.05, 0) is 25.0 Å². The molecule has 5 nitrogen and oxygen atoms in total. The normalized spacial score (nSPS) is 18.2. The first kappa shape index (κ1) is 14.4. The second-order valence-electron chi connectivity index (χ2n) is 4.47. The molecule has 104 valence electrons. The molecule has 0 spiro atoms. The van der Waals surface area contributed by atoms with Crippen LogP contribution in [-0.4, -0.2) is 31.7 Å². The van der Waals surface area contributed by atoms with Crippen molar-refractivity contribution in [3.8, 4) is 0 Å². The number of carbonyl (C=O) groups is 1. The summed E-state index contributed by atoms with van der Waals surface area (Å²) in [6.45, 7) is 0.728. The second kappa shape index (κ2) is 5.94. The molecule has 19 heavy (non-hydrogen) atoms. The standard InChI is InChI=1S/C12H16N2O3S2/c15-12(13-18)10-6-8-14(9-7-10)19(16,17)11-4-2-1-3-5-11/h1-5,10,18H,6-9H2,(H,13,15). The van der Waals surface area contributed by atoms with Crippen LogP contribution < -0.4 is 4.72 Å². The van der Waals surface area contributed by atoms with E-state index in [2.05, 4.69) is 17.5 Å². The van der Waals surface area contributed by atoms with Crippen LogP contribution in [0.2, 0.25) is 0 Å². The van der Waals surface area contributed by atoms with Crippen LogP contribution in [0.25, 0.3) is 0 Å². The molecule has 1 aliphatic rings. The number of thiol groups is 1. The van der Waals surface area contributed by atoms with Gasteiger partial charge in [-0.1, -0.05) is 31.0 Å². The van der Waals surface area contributed by atoms with Gasteiger partial charge in [-0.25, -0.2) is 8.42 Å². The molecule has 1 N–H and O–H groups in total. The average Bonchev–Trinajstić information content (AvgIpc) is 2.47. The number of piperidine rings is 1. The highest BCUT2D eigenvalue weighted by molar-refractivity contribution is 7.89. The Bertz CT molecular complexity index is 537. The lowest BCUT2D eigenvalue weighted by atomic mass is 9.98. The van der Waals surface area contributed by atoms with Gasteiger partial charge in [-0.15, -0.1) is 0 Å². The third-order valence-corrected chi connectivity index (χ3v) is 5.45. The van der Waals surface area contributed by atoms with E-state index in [1.807, 2.05) is 0 Å². The number of rotatable bonds is 3. The second-order valence-corrected chi connectivity index (χ2v) is 6.63. The first-order valence-corrected chi connectivity index (χ1v) is 7.93. The zero-order chi connectivity index (χ0) is 13.9. The average molecular weight is 300 g/mol. The summed E-state index contributed by atoms with van der Waals surface area (Å²) in [5.41, 5.74) is 0. The maximum Gasteiger partial charge on any atom is 0.243 e. The zero-order valence-electron chi connectivity index (χ0n) is 10.3. The van der Waals surface area contributed by atoms with Gasteiger partial charge in [-0.2, -0.15) is 4.31 Å². The van der Waals surface area contributed by atoms with Crippen molar-refractivity contribution in [3.63, 3.8) is 0 Å². The molecule has 2 rings (SSSR count). The number of carbonyl (C=O) groups excluding carboxylic acids is 1. The highest BCUT2D eigenvalue weighted by Gasteiger charge is 2.31. The van der Waals surface area contributed by atoms with Crippen molar-refractivity contribution in [3.05, 3.63) is 30.3 Å². The van der Waals surface area contributed by atoms with Crippen LogP contribution in [0.1, 0.15) is 12.8 Å². The Hall–Kier alpha value is -1.05. The molecule has 1 aliphatic heterocycles. The quantitative estimate of drug-likeness (QED) is 0.820. The molecule has 1 aromatic rings. The van der Waals surface area contributed by atoms with Crippen LogP contribution in [0.15, 0.2) is 35.2 Å². The van der Waals surface area contributed by atoms with E-state index in [1.54, 1.807) is 30.3 Å². The molecule has 7 heteroatoms. The largest absolute Gasteiger partial charge is 0.303 e. The van der Waals surface area contributed by atoms with E-state index in [9.17, 15) is 13.2 Å². The molecule has 0 unspecified atom stereocenters. The van der Waals surface area contributed by atoms with Crippen molar-refractivity contribution in [2.45, 2.75) is 17.7 Å². The van der Waals surface area contributed by atoms with E-state index in [0.29, 0.717) is 30.8 Å². The van der Waals surface area contributed by atoms with Crippen molar-refractivity contribution < 1.29 is 13.2 Å². The van der Waals surface area contributed by atoms with Crippen LogP contribution in [0.3, 0.4) is 0 Å². The molecule has 1 saturated heterocycles. The number of hydrogen-bond acceptors (Lipinski definition) is 4. The summed E-state index contributed by atoms with van der Waals surface area (Å²) >= 11 is 3.73. The summed E-state index contributed by atoms with van der Waals surface area (Å²) in [4.78, 5) is 11.7. The predicted molar refractivity (Wildman–Crippen MR) is 75.1 cm³/mol. The fourth-order valence-corrected chi connectivity index (χ4v) is 3.86. The monoisotopic (exact) mass is 300 g/mol. The van der Waals surface area contributed by atoms with E-state index < -0.39 is 10.0 Å². The van der Waals surface area contributed by atoms with Gasteiger partial charge in [0.2, 0.25) is 15.9 Å². The molecule has 0 saturated carbocycles. The lowest BCUT2D eigenvalue weighted by Crippen LogP contribution is -2.41. The Morgan fingerprint density at radius 2 is 1.79 bits per heavy atom. The van der Waals surface area contributed by atoms with Crippen LogP contribution in [0, 0.1) is 5.92 Å². The molecule has 1 heterocycles. The fraction of sp³-hybridized carbons (Fsp3) is 0.417. The number of benzene rings is 1. The third kappa shape index (κ3) is 3.10. The summed E-state index contributed by atoms with van der Waals surface area (Å²) in [5, 5.41) is 0. The molecule has 0 aliphatic carbocycles. The molecule has 1 aromatic carbocycles. The van der Waals surface area contributed by atoms with Crippen LogP contribution in [-0.2, 0) is 14.8 Å². The van der Waals surface area contributed by atoms with Gasteiger partial charge in [0.1, 0.15) is 0 Å². The molecular formula is C12H16N2O3S2. The van der Waals surface area contributed by atoms with E-state index in [1.165, 1.54) is 4.31 Å². The van der Waals surface area contributed by atoms with Gasteiger partial charge >= 0.3 is 0 Å².